The van der Waals surface area contributed by atoms with Gasteiger partial charge in [-0.15, -0.1) is 5.10 Å². The zero-order valence-corrected chi connectivity index (χ0v) is 14.4. The number of thioether (sulfide) groups is 1. The number of nitriles is 1. The van der Waals surface area contributed by atoms with Crippen LogP contribution >= 0.6 is 11.8 Å². The SMILES string of the molecule is CCOc1ccc(N(CCC#N)C(=O)CSc2nnnn2C)cc1. The van der Waals surface area contributed by atoms with Crippen molar-refractivity contribution in [3.63, 3.8) is 0 Å². The first-order valence-corrected chi connectivity index (χ1v) is 8.39. The number of amides is 1. The summed E-state index contributed by atoms with van der Waals surface area (Å²) >= 11 is 1.26. The van der Waals surface area contributed by atoms with Gasteiger partial charge in [0, 0.05) is 19.3 Å². The second-order valence-corrected chi connectivity index (χ2v) is 5.70. The van der Waals surface area contributed by atoms with Crippen LogP contribution in [0.1, 0.15) is 13.3 Å². The van der Waals surface area contributed by atoms with Gasteiger partial charge in [0.25, 0.3) is 0 Å². The van der Waals surface area contributed by atoms with Crippen LogP contribution in [-0.4, -0.2) is 45.0 Å². The van der Waals surface area contributed by atoms with Crippen LogP contribution in [0.2, 0.25) is 0 Å². The molecule has 24 heavy (non-hydrogen) atoms. The highest BCUT2D eigenvalue weighted by Crippen LogP contribution is 2.22. The second-order valence-electron chi connectivity index (χ2n) is 4.75. The molecule has 0 fully saturated rings. The normalized spacial score (nSPS) is 10.2. The number of benzene rings is 1. The van der Waals surface area contributed by atoms with Gasteiger partial charge in [-0.2, -0.15) is 5.26 Å². The predicted molar refractivity (Wildman–Crippen MR) is 89.7 cm³/mol. The van der Waals surface area contributed by atoms with E-state index in [9.17, 15) is 4.79 Å². The Morgan fingerprint density at radius 2 is 2.17 bits per heavy atom. The summed E-state index contributed by atoms with van der Waals surface area (Å²) in [7, 11) is 1.71. The molecular formula is C15H18N6O2S. The number of rotatable bonds is 8. The molecule has 126 valence electrons. The zero-order chi connectivity index (χ0) is 17.4. The third kappa shape index (κ3) is 4.70. The maximum atomic E-state index is 12.6. The molecule has 1 aromatic heterocycles. The highest BCUT2D eigenvalue weighted by molar-refractivity contribution is 7.99. The van der Waals surface area contributed by atoms with Crippen LogP contribution < -0.4 is 9.64 Å². The lowest BCUT2D eigenvalue weighted by Gasteiger charge is -2.21. The summed E-state index contributed by atoms with van der Waals surface area (Å²) in [5.74, 6) is 0.822. The number of tetrazole rings is 1. The van der Waals surface area contributed by atoms with E-state index in [0.29, 0.717) is 18.3 Å². The van der Waals surface area contributed by atoms with Crippen molar-refractivity contribution >= 4 is 23.4 Å². The molecule has 1 aromatic carbocycles. The fourth-order valence-electron chi connectivity index (χ4n) is 2.00. The molecule has 1 heterocycles. The highest BCUT2D eigenvalue weighted by Gasteiger charge is 2.17. The molecule has 9 heteroatoms. The van der Waals surface area contributed by atoms with E-state index >= 15 is 0 Å². The van der Waals surface area contributed by atoms with Crippen LogP contribution in [0.5, 0.6) is 5.75 Å². The van der Waals surface area contributed by atoms with E-state index in [1.807, 2.05) is 31.2 Å². The lowest BCUT2D eigenvalue weighted by Crippen LogP contribution is -2.33. The summed E-state index contributed by atoms with van der Waals surface area (Å²) in [6.45, 7) is 2.83. The van der Waals surface area contributed by atoms with E-state index in [1.165, 1.54) is 16.4 Å². The quantitative estimate of drug-likeness (QED) is 0.670. The number of anilines is 1. The monoisotopic (exact) mass is 346 g/mol. The van der Waals surface area contributed by atoms with E-state index in [1.54, 1.807) is 11.9 Å². The Balaban J connectivity index is 2.07. The summed E-state index contributed by atoms with van der Waals surface area (Å²) in [5, 5.41) is 20.5. The lowest BCUT2D eigenvalue weighted by atomic mass is 10.2. The molecule has 2 rings (SSSR count). The van der Waals surface area contributed by atoms with Gasteiger partial charge in [0.15, 0.2) is 0 Å². The van der Waals surface area contributed by atoms with E-state index in [4.69, 9.17) is 10.00 Å². The molecule has 0 saturated carbocycles. The van der Waals surface area contributed by atoms with Gasteiger partial charge in [-0.3, -0.25) is 4.79 Å². The van der Waals surface area contributed by atoms with Crippen LogP contribution in [0.4, 0.5) is 5.69 Å². The Kier molecular flexibility index (Phi) is 6.57. The van der Waals surface area contributed by atoms with Crippen LogP contribution in [0.3, 0.4) is 0 Å². The van der Waals surface area contributed by atoms with E-state index in [2.05, 4.69) is 21.6 Å². The van der Waals surface area contributed by atoms with Crippen molar-refractivity contribution in [2.24, 2.45) is 7.05 Å². The fraction of sp³-hybridized carbons (Fsp3) is 0.400. The third-order valence-corrected chi connectivity index (χ3v) is 4.11. The van der Waals surface area contributed by atoms with Crippen molar-refractivity contribution in [1.29, 1.82) is 5.26 Å². The zero-order valence-electron chi connectivity index (χ0n) is 13.5. The van der Waals surface area contributed by atoms with Crippen molar-refractivity contribution in [3.05, 3.63) is 24.3 Å². The van der Waals surface area contributed by atoms with Crippen LogP contribution in [0, 0.1) is 11.3 Å². The first-order valence-electron chi connectivity index (χ1n) is 7.41. The van der Waals surface area contributed by atoms with Gasteiger partial charge in [0.1, 0.15) is 5.75 Å². The van der Waals surface area contributed by atoms with Gasteiger partial charge < -0.3 is 9.64 Å². The molecule has 0 aliphatic carbocycles. The number of nitrogens with zero attached hydrogens (tertiary/aromatic N) is 6. The first kappa shape index (κ1) is 17.7. The molecule has 2 aromatic rings. The van der Waals surface area contributed by atoms with Crippen molar-refractivity contribution in [1.82, 2.24) is 20.2 Å². The minimum Gasteiger partial charge on any atom is -0.494 e. The average Bonchev–Trinajstić information content (AvgIpc) is 3.00. The molecule has 0 radical (unpaired) electrons. The van der Waals surface area contributed by atoms with E-state index in [0.717, 1.165) is 11.4 Å². The minimum absolute atomic E-state index is 0.109. The Labute approximate surface area is 144 Å². The molecule has 1 amide bonds. The van der Waals surface area contributed by atoms with Gasteiger partial charge in [-0.1, -0.05) is 11.8 Å². The molecule has 0 aliphatic heterocycles. The molecule has 0 bridgehead atoms. The average molecular weight is 346 g/mol. The third-order valence-electron chi connectivity index (χ3n) is 3.11. The number of hydrogen-bond donors (Lipinski definition) is 0. The molecule has 0 N–H and O–H groups in total. The number of hydrogen-bond acceptors (Lipinski definition) is 7. The first-order chi connectivity index (χ1) is 11.7. The van der Waals surface area contributed by atoms with Crippen LogP contribution in [0.25, 0.3) is 0 Å². The number of carbonyl (C=O) groups excluding carboxylic acids is 1. The molecule has 8 nitrogen and oxygen atoms in total. The minimum atomic E-state index is -0.109. The van der Waals surface area contributed by atoms with Crippen molar-refractivity contribution < 1.29 is 9.53 Å². The van der Waals surface area contributed by atoms with Crippen molar-refractivity contribution in [2.75, 3.05) is 23.8 Å². The van der Waals surface area contributed by atoms with Crippen molar-refractivity contribution in [3.8, 4) is 11.8 Å². The summed E-state index contributed by atoms with van der Waals surface area (Å²) in [6.07, 6.45) is 0.259. The maximum Gasteiger partial charge on any atom is 0.237 e. The molecule has 0 saturated heterocycles. The molecule has 0 unspecified atom stereocenters. The van der Waals surface area contributed by atoms with Crippen LogP contribution in [0.15, 0.2) is 29.4 Å². The van der Waals surface area contributed by atoms with Crippen LogP contribution in [-0.2, 0) is 11.8 Å². The van der Waals surface area contributed by atoms with E-state index < -0.39 is 0 Å². The lowest BCUT2D eigenvalue weighted by molar-refractivity contribution is -0.116. The van der Waals surface area contributed by atoms with Crippen molar-refractivity contribution in [2.45, 2.75) is 18.5 Å². The van der Waals surface area contributed by atoms with Gasteiger partial charge in [0.05, 0.1) is 24.8 Å². The Morgan fingerprint density at radius 1 is 1.42 bits per heavy atom. The van der Waals surface area contributed by atoms with E-state index in [-0.39, 0.29) is 18.1 Å². The van der Waals surface area contributed by atoms with Gasteiger partial charge in [-0.05, 0) is 41.6 Å². The second kappa shape index (κ2) is 8.88. The summed E-state index contributed by atoms with van der Waals surface area (Å²) in [5.41, 5.74) is 0.732. The fourth-order valence-corrected chi connectivity index (χ4v) is 2.72. The Hall–Kier alpha value is -2.60. The topological polar surface area (TPSA) is 96.9 Å². The standard InChI is InChI=1S/C15H18N6O2S/c1-3-23-13-7-5-12(6-8-13)21(10-4-9-16)14(22)11-24-15-17-18-19-20(15)2/h5-8H,3-4,10-11H2,1-2H3. The summed E-state index contributed by atoms with van der Waals surface area (Å²) < 4.78 is 6.92. The van der Waals surface area contributed by atoms with Gasteiger partial charge >= 0.3 is 0 Å². The number of ether oxygens (including phenoxy) is 1. The number of carbonyl (C=O) groups is 1. The Bertz CT molecular complexity index is 709. The molecule has 0 aliphatic rings. The highest BCUT2D eigenvalue weighted by atomic mass is 32.2. The predicted octanol–water partition coefficient (Wildman–Crippen LogP) is 1.65. The largest absolute Gasteiger partial charge is 0.494 e. The molecule has 0 spiro atoms. The van der Waals surface area contributed by atoms with Gasteiger partial charge in [-0.25, -0.2) is 4.68 Å². The smallest absolute Gasteiger partial charge is 0.237 e. The summed E-state index contributed by atoms with van der Waals surface area (Å²) in [6, 6.07) is 9.32. The van der Waals surface area contributed by atoms with Gasteiger partial charge in [0.2, 0.25) is 11.1 Å². The molecule has 0 atom stereocenters. The summed E-state index contributed by atoms with van der Waals surface area (Å²) in [4.78, 5) is 14.1. The Morgan fingerprint density at radius 3 is 2.75 bits per heavy atom. The number of aromatic nitrogens is 4. The molecular weight excluding hydrogens is 328 g/mol. The number of aryl methyl sites for hydroxylation is 1. The maximum absolute atomic E-state index is 12.6.